The summed E-state index contributed by atoms with van der Waals surface area (Å²) in [4.78, 5) is 0. The number of rotatable bonds is 21. The molecule has 0 bridgehead atoms. The van der Waals surface area contributed by atoms with Gasteiger partial charge in [0.1, 0.15) is 5.54 Å². The topological polar surface area (TPSA) is 30.0 Å². The fourth-order valence-corrected chi connectivity index (χ4v) is 7.06. The largest absolute Gasteiger partial charge is 0.870 e. The molecule has 2 heteroatoms. The second-order valence-corrected chi connectivity index (χ2v) is 11.9. The van der Waals surface area contributed by atoms with E-state index in [1.165, 1.54) is 159 Å². The highest BCUT2D eigenvalue weighted by molar-refractivity contribution is 4.90. The van der Waals surface area contributed by atoms with E-state index < -0.39 is 0 Å². The van der Waals surface area contributed by atoms with Crippen LogP contribution in [0.2, 0.25) is 0 Å². The highest BCUT2D eigenvalue weighted by Gasteiger charge is 2.49. The Morgan fingerprint density at radius 3 is 1.33 bits per heavy atom. The van der Waals surface area contributed by atoms with Crippen LogP contribution in [0.25, 0.3) is 0 Å². The predicted molar refractivity (Wildman–Crippen MR) is 148 cm³/mol. The van der Waals surface area contributed by atoms with Crippen molar-refractivity contribution in [2.75, 3.05) is 20.6 Å². The molecule has 1 aliphatic rings. The average molecular weight is 468 g/mol. The SMILES string of the molecule is CCCCCCCCCCCCCCCC[N+](C)(C)C(CCC)(CCC)C1CCCCC1.[OH-]. The van der Waals surface area contributed by atoms with Gasteiger partial charge in [-0.05, 0) is 25.7 Å². The molecule has 1 N–H and O–H groups in total. The summed E-state index contributed by atoms with van der Waals surface area (Å²) in [5.74, 6) is 0.970. The molecule has 1 saturated carbocycles. The van der Waals surface area contributed by atoms with Gasteiger partial charge in [0.15, 0.2) is 0 Å². The molecule has 1 rings (SSSR count). The van der Waals surface area contributed by atoms with Crippen LogP contribution in [0.4, 0.5) is 0 Å². The first-order valence-corrected chi connectivity index (χ1v) is 15.4. The molecular weight excluding hydrogens is 402 g/mol. The summed E-state index contributed by atoms with van der Waals surface area (Å²) in [5.41, 5.74) is 0.542. The minimum atomic E-state index is 0. The molecule has 0 aliphatic heterocycles. The average Bonchev–Trinajstić information content (AvgIpc) is 2.79. The summed E-state index contributed by atoms with van der Waals surface area (Å²) < 4.78 is 1.29. The fraction of sp³-hybridized carbons (Fsp3) is 1.00. The summed E-state index contributed by atoms with van der Waals surface area (Å²) in [6, 6.07) is 0. The molecule has 200 valence electrons. The lowest BCUT2D eigenvalue weighted by atomic mass is 9.68. The van der Waals surface area contributed by atoms with Crippen molar-refractivity contribution in [2.45, 2.75) is 174 Å². The highest BCUT2D eigenvalue weighted by atomic mass is 16.0. The summed E-state index contributed by atoms with van der Waals surface area (Å²) in [7, 11) is 5.20. The molecule has 0 aromatic rings. The molecule has 0 radical (unpaired) electrons. The van der Waals surface area contributed by atoms with Crippen LogP contribution in [0, 0.1) is 5.92 Å². The summed E-state index contributed by atoms with van der Waals surface area (Å²) >= 11 is 0. The summed E-state index contributed by atoms with van der Waals surface area (Å²) in [5, 5.41) is 0. The number of hydrogen-bond donors (Lipinski definition) is 0. The Morgan fingerprint density at radius 1 is 0.545 bits per heavy atom. The molecule has 2 nitrogen and oxygen atoms in total. The van der Waals surface area contributed by atoms with E-state index in [4.69, 9.17) is 0 Å². The maximum Gasteiger partial charge on any atom is 0.102 e. The number of hydrogen-bond acceptors (Lipinski definition) is 1. The second-order valence-electron chi connectivity index (χ2n) is 11.9. The van der Waals surface area contributed by atoms with Crippen molar-refractivity contribution >= 4 is 0 Å². The van der Waals surface area contributed by atoms with E-state index in [-0.39, 0.29) is 5.48 Å². The van der Waals surface area contributed by atoms with Crippen molar-refractivity contribution < 1.29 is 9.96 Å². The van der Waals surface area contributed by atoms with Crippen LogP contribution < -0.4 is 0 Å². The number of quaternary nitrogens is 1. The van der Waals surface area contributed by atoms with Gasteiger partial charge in [0.05, 0.1) is 20.6 Å². The van der Waals surface area contributed by atoms with E-state index >= 15 is 0 Å². The van der Waals surface area contributed by atoms with Crippen molar-refractivity contribution in [3.63, 3.8) is 0 Å². The Hall–Kier alpha value is -0.0800. The van der Waals surface area contributed by atoms with E-state index in [2.05, 4.69) is 34.9 Å². The molecule has 0 heterocycles. The lowest BCUT2D eigenvalue weighted by Gasteiger charge is -2.54. The lowest BCUT2D eigenvalue weighted by molar-refractivity contribution is -0.948. The Kier molecular flexibility index (Phi) is 20.1. The summed E-state index contributed by atoms with van der Waals surface area (Å²) in [6.45, 7) is 8.57. The van der Waals surface area contributed by atoms with Gasteiger partial charge in [0.2, 0.25) is 0 Å². The standard InChI is InChI=1S/C31H64N.H2O/c1-6-9-10-11-12-13-14-15-16-17-18-19-20-24-29-32(4,5)31(27-7-2,28-8-3)30-25-22-21-23-26-30;/h30H,6-29H2,1-5H3;1H2/q+1;/p-1. The maximum atomic E-state index is 2.60. The molecular formula is C31H65NO. The van der Waals surface area contributed by atoms with E-state index in [0.29, 0.717) is 5.54 Å². The Bertz CT molecular complexity index is 407. The molecule has 33 heavy (non-hydrogen) atoms. The van der Waals surface area contributed by atoms with Crippen molar-refractivity contribution in [1.29, 1.82) is 0 Å². The van der Waals surface area contributed by atoms with Crippen LogP contribution in [0.15, 0.2) is 0 Å². The van der Waals surface area contributed by atoms with Gasteiger partial charge >= 0.3 is 0 Å². The van der Waals surface area contributed by atoms with Crippen LogP contribution in [0.1, 0.15) is 168 Å². The molecule has 1 aliphatic carbocycles. The molecule has 0 unspecified atom stereocenters. The minimum absolute atomic E-state index is 0. The third-order valence-electron chi connectivity index (χ3n) is 9.01. The Balaban J connectivity index is 0.0000102. The first kappa shape index (κ1) is 32.9. The first-order valence-electron chi connectivity index (χ1n) is 15.4. The lowest BCUT2D eigenvalue weighted by Crippen LogP contribution is -2.64. The predicted octanol–water partition coefficient (Wildman–Crippen LogP) is 10.3. The van der Waals surface area contributed by atoms with Crippen molar-refractivity contribution in [2.24, 2.45) is 5.92 Å². The zero-order valence-corrected chi connectivity index (χ0v) is 23.9. The van der Waals surface area contributed by atoms with E-state index in [1.807, 2.05) is 0 Å². The van der Waals surface area contributed by atoms with Crippen LogP contribution in [0.5, 0.6) is 0 Å². The quantitative estimate of drug-likeness (QED) is 0.122. The minimum Gasteiger partial charge on any atom is -0.870 e. The smallest absolute Gasteiger partial charge is 0.102 e. The third kappa shape index (κ3) is 12.4. The fourth-order valence-electron chi connectivity index (χ4n) is 7.06. The van der Waals surface area contributed by atoms with Crippen LogP contribution in [0.3, 0.4) is 0 Å². The zero-order chi connectivity index (χ0) is 23.5. The van der Waals surface area contributed by atoms with Gasteiger partial charge in [-0.1, -0.05) is 130 Å². The normalized spacial score (nSPS) is 15.5. The number of nitrogens with zero attached hydrogens (tertiary/aromatic N) is 1. The zero-order valence-electron chi connectivity index (χ0n) is 23.9. The molecule has 0 aromatic carbocycles. The van der Waals surface area contributed by atoms with E-state index in [0.717, 1.165) is 5.92 Å². The van der Waals surface area contributed by atoms with Crippen LogP contribution in [-0.2, 0) is 0 Å². The highest BCUT2D eigenvalue weighted by Crippen LogP contribution is 2.45. The summed E-state index contributed by atoms with van der Waals surface area (Å²) in [6.07, 6.45) is 33.5. The van der Waals surface area contributed by atoms with E-state index in [9.17, 15) is 0 Å². The Labute approximate surface area is 210 Å². The van der Waals surface area contributed by atoms with Gasteiger partial charge in [-0.3, -0.25) is 0 Å². The van der Waals surface area contributed by atoms with Crippen LogP contribution >= 0.6 is 0 Å². The molecule has 0 amide bonds. The van der Waals surface area contributed by atoms with Crippen LogP contribution in [-0.4, -0.2) is 36.1 Å². The molecule has 0 saturated heterocycles. The third-order valence-corrected chi connectivity index (χ3v) is 9.01. The van der Waals surface area contributed by atoms with Crippen molar-refractivity contribution in [3.8, 4) is 0 Å². The number of unbranched alkanes of at least 4 members (excludes halogenated alkanes) is 13. The molecule has 0 atom stereocenters. The van der Waals surface area contributed by atoms with Crippen molar-refractivity contribution in [3.05, 3.63) is 0 Å². The van der Waals surface area contributed by atoms with Gasteiger partial charge in [0.25, 0.3) is 0 Å². The maximum absolute atomic E-state index is 2.60. The monoisotopic (exact) mass is 468 g/mol. The molecule has 0 spiro atoms. The van der Waals surface area contributed by atoms with Gasteiger partial charge in [-0.25, -0.2) is 0 Å². The van der Waals surface area contributed by atoms with Gasteiger partial charge in [0, 0.05) is 18.8 Å². The van der Waals surface area contributed by atoms with E-state index in [1.54, 1.807) is 0 Å². The van der Waals surface area contributed by atoms with Gasteiger partial charge in [-0.2, -0.15) is 0 Å². The Morgan fingerprint density at radius 2 is 0.939 bits per heavy atom. The first-order chi connectivity index (χ1) is 15.5. The molecule has 0 aromatic heterocycles. The van der Waals surface area contributed by atoms with Gasteiger partial charge in [-0.15, -0.1) is 0 Å². The van der Waals surface area contributed by atoms with Crippen molar-refractivity contribution in [1.82, 2.24) is 0 Å². The second kappa shape index (κ2) is 20.1. The molecule has 1 fully saturated rings. The van der Waals surface area contributed by atoms with Gasteiger partial charge < -0.3 is 9.96 Å².